The van der Waals surface area contributed by atoms with E-state index >= 15 is 0 Å². The van der Waals surface area contributed by atoms with E-state index in [2.05, 4.69) is 17.3 Å². The largest absolute Gasteiger partial charge is 0.481 e. The quantitative estimate of drug-likeness (QED) is 0.773. The highest BCUT2D eigenvalue weighted by Crippen LogP contribution is 2.28. The molecule has 1 rings (SSSR count). The molecule has 3 nitrogen and oxygen atoms in total. The van der Waals surface area contributed by atoms with Crippen molar-refractivity contribution < 1.29 is 9.84 Å². The van der Waals surface area contributed by atoms with Gasteiger partial charge >= 0.3 is 0 Å². The van der Waals surface area contributed by atoms with Gasteiger partial charge in [-0.05, 0) is 18.6 Å². The van der Waals surface area contributed by atoms with E-state index in [1.807, 2.05) is 13.0 Å². The molecule has 16 heavy (non-hydrogen) atoms. The number of rotatable bonds is 5. The number of hydrogen-bond donors (Lipinski definition) is 1. The van der Waals surface area contributed by atoms with Crippen LogP contribution in [0.15, 0.2) is 36.6 Å². The van der Waals surface area contributed by atoms with Crippen molar-refractivity contribution in [2.45, 2.75) is 25.4 Å². The monoisotopic (exact) mass is 219 g/mol. The van der Waals surface area contributed by atoms with Gasteiger partial charge in [-0.1, -0.05) is 19.6 Å². The molecule has 0 amide bonds. The van der Waals surface area contributed by atoms with E-state index in [1.54, 1.807) is 25.3 Å². The van der Waals surface area contributed by atoms with Gasteiger partial charge in [-0.3, -0.25) is 0 Å². The second-order valence-corrected chi connectivity index (χ2v) is 3.56. The summed E-state index contributed by atoms with van der Waals surface area (Å²) in [6.45, 7) is 5.40. The highest BCUT2D eigenvalue weighted by atomic mass is 16.5. The minimum absolute atomic E-state index is 0.452. The van der Waals surface area contributed by atoms with Gasteiger partial charge in [-0.15, -0.1) is 5.73 Å². The average molecular weight is 219 g/mol. The van der Waals surface area contributed by atoms with Crippen LogP contribution in [0.3, 0.4) is 0 Å². The first kappa shape index (κ1) is 12.5. The number of hydrogen-bond acceptors (Lipinski definition) is 3. The topological polar surface area (TPSA) is 42.4 Å². The lowest BCUT2D eigenvalue weighted by Gasteiger charge is -2.24. The lowest BCUT2D eigenvalue weighted by Crippen LogP contribution is -2.25. The maximum Gasteiger partial charge on any atom is 0.213 e. The number of aromatic nitrogens is 1. The Bertz CT molecular complexity index is 397. The fraction of sp³-hybridized carbons (Fsp3) is 0.385. The summed E-state index contributed by atoms with van der Waals surface area (Å²) in [5.74, 6) is 0.506. The summed E-state index contributed by atoms with van der Waals surface area (Å²) in [6.07, 6.45) is 2.74. The van der Waals surface area contributed by atoms with Gasteiger partial charge in [0.1, 0.15) is 5.60 Å². The average Bonchev–Trinajstić information content (AvgIpc) is 2.36. The third kappa shape index (κ3) is 2.72. The van der Waals surface area contributed by atoms with Crippen LogP contribution in [0.2, 0.25) is 0 Å². The van der Waals surface area contributed by atoms with Crippen molar-refractivity contribution in [3.63, 3.8) is 0 Å². The second kappa shape index (κ2) is 5.50. The molecule has 0 spiro atoms. The standard InChI is InChI=1S/C13H17NO2/c1-4-6-10-13(15,5-2)11-8-7-9-12(14-11)16-3/h6-9,15H,1,5,10H2,2-3H3. The summed E-state index contributed by atoms with van der Waals surface area (Å²) in [5, 5.41) is 10.4. The minimum atomic E-state index is -0.973. The number of pyridine rings is 1. The lowest BCUT2D eigenvalue weighted by molar-refractivity contribution is 0.0306. The van der Waals surface area contributed by atoms with E-state index in [0.717, 1.165) is 0 Å². The molecule has 86 valence electrons. The van der Waals surface area contributed by atoms with Crippen molar-refractivity contribution in [2.75, 3.05) is 7.11 Å². The first-order valence-corrected chi connectivity index (χ1v) is 5.24. The molecule has 1 heterocycles. The zero-order valence-corrected chi connectivity index (χ0v) is 9.73. The highest BCUT2D eigenvalue weighted by Gasteiger charge is 2.27. The summed E-state index contributed by atoms with van der Waals surface area (Å²) in [6, 6.07) is 5.37. The molecule has 0 aliphatic heterocycles. The van der Waals surface area contributed by atoms with E-state index < -0.39 is 5.60 Å². The Morgan fingerprint density at radius 2 is 2.38 bits per heavy atom. The molecule has 1 N–H and O–H groups in total. The summed E-state index contributed by atoms with van der Waals surface area (Å²) < 4.78 is 5.04. The van der Waals surface area contributed by atoms with Gasteiger partial charge in [0.15, 0.2) is 0 Å². The van der Waals surface area contributed by atoms with Crippen LogP contribution in [0.4, 0.5) is 0 Å². The van der Waals surface area contributed by atoms with Crippen LogP contribution >= 0.6 is 0 Å². The Balaban J connectivity index is 3.05. The van der Waals surface area contributed by atoms with E-state index in [4.69, 9.17) is 4.74 Å². The Labute approximate surface area is 96.1 Å². The van der Waals surface area contributed by atoms with Gasteiger partial charge in [-0.25, -0.2) is 4.98 Å². The third-order valence-corrected chi connectivity index (χ3v) is 2.58. The predicted octanol–water partition coefficient (Wildman–Crippen LogP) is 2.42. The van der Waals surface area contributed by atoms with Gasteiger partial charge in [0.25, 0.3) is 0 Å². The molecule has 0 aromatic carbocycles. The lowest BCUT2D eigenvalue weighted by atomic mass is 9.92. The maximum atomic E-state index is 10.4. The minimum Gasteiger partial charge on any atom is -0.481 e. The van der Waals surface area contributed by atoms with E-state index in [0.29, 0.717) is 24.4 Å². The number of methoxy groups -OCH3 is 1. The van der Waals surface area contributed by atoms with Crippen molar-refractivity contribution in [1.82, 2.24) is 4.98 Å². The first-order valence-electron chi connectivity index (χ1n) is 5.24. The molecule has 1 atom stereocenters. The van der Waals surface area contributed by atoms with Crippen LogP contribution in [-0.2, 0) is 5.60 Å². The van der Waals surface area contributed by atoms with Gasteiger partial charge in [0.05, 0.1) is 12.8 Å². The molecule has 1 unspecified atom stereocenters. The van der Waals surface area contributed by atoms with Crippen molar-refractivity contribution in [3.05, 3.63) is 42.3 Å². The Morgan fingerprint density at radius 3 is 2.94 bits per heavy atom. The van der Waals surface area contributed by atoms with Crippen LogP contribution in [-0.4, -0.2) is 17.2 Å². The predicted molar refractivity (Wildman–Crippen MR) is 63.3 cm³/mol. The molecular weight excluding hydrogens is 202 g/mol. The van der Waals surface area contributed by atoms with Crippen molar-refractivity contribution >= 4 is 0 Å². The zero-order chi connectivity index (χ0) is 12.0. The molecular formula is C13H17NO2. The summed E-state index contributed by atoms with van der Waals surface area (Å²) >= 11 is 0. The molecule has 3 heteroatoms. The van der Waals surface area contributed by atoms with Crippen LogP contribution < -0.4 is 4.74 Å². The third-order valence-electron chi connectivity index (χ3n) is 2.58. The van der Waals surface area contributed by atoms with Crippen LogP contribution in [0.1, 0.15) is 25.5 Å². The van der Waals surface area contributed by atoms with Gasteiger partial charge in [-0.2, -0.15) is 0 Å². The SMILES string of the molecule is C=C=CCC(O)(CC)c1cccc(OC)n1. The van der Waals surface area contributed by atoms with E-state index in [9.17, 15) is 5.11 Å². The molecule has 1 aromatic heterocycles. The molecule has 1 aromatic rings. The molecule has 0 aliphatic rings. The maximum absolute atomic E-state index is 10.4. The number of aliphatic hydroxyl groups is 1. The van der Waals surface area contributed by atoms with Crippen molar-refractivity contribution in [3.8, 4) is 5.88 Å². The summed E-state index contributed by atoms with van der Waals surface area (Å²) in [4.78, 5) is 4.25. The Kier molecular flexibility index (Phi) is 4.29. The normalized spacial score (nSPS) is 13.7. The zero-order valence-electron chi connectivity index (χ0n) is 9.73. The molecule has 0 aliphatic carbocycles. The van der Waals surface area contributed by atoms with Crippen LogP contribution in [0, 0.1) is 0 Å². The van der Waals surface area contributed by atoms with Gasteiger partial charge < -0.3 is 9.84 Å². The molecule has 0 fully saturated rings. The summed E-state index contributed by atoms with van der Waals surface area (Å²) in [5.41, 5.74) is 2.30. The second-order valence-electron chi connectivity index (χ2n) is 3.56. The van der Waals surface area contributed by atoms with E-state index in [-0.39, 0.29) is 0 Å². The van der Waals surface area contributed by atoms with E-state index in [1.165, 1.54) is 0 Å². The number of nitrogens with zero attached hydrogens (tertiary/aromatic N) is 1. The van der Waals surface area contributed by atoms with Crippen LogP contribution in [0.5, 0.6) is 5.88 Å². The number of ether oxygens (including phenoxy) is 1. The fourth-order valence-corrected chi connectivity index (χ4v) is 1.46. The molecule has 0 saturated heterocycles. The summed E-state index contributed by atoms with van der Waals surface area (Å²) in [7, 11) is 1.56. The van der Waals surface area contributed by atoms with Crippen molar-refractivity contribution in [2.24, 2.45) is 0 Å². The smallest absolute Gasteiger partial charge is 0.213 e. The van der Waals surface area contributed by atoms with Gasteiger partial charge in [0, 0.05) is 12.5 Å². The fourth-order valence-electron chi connectivity index (χ4n) is 1.46. The first-order chi connectivity index (χ1) is 7.66. The molecule has 0 bridgehead atoms. The Hall–Kier alpha value is -1.57. The molecule has 0 saturated carbocycles. The highest BCUT2D eigenvalue weighted by molar-refractivity contribution is 5.21. The van der Waals surface area contributed by atoms with Crippen LogP contribution in [0.25, 0.3) is 0 Å². The Morgan fingerprint density at radius 1 is 1.62 bits per heavy atom. The molecule has 0 radical (unpaired) electrons. The van der Waals surface area contributed by atoms with Crippen molar-refractivity contribution in [1.29, 1.82) is 0 Å². The van der Waals surface area contributed by atoms with Gasteiger partial charge in [0.2, 0.25) is 5.88 Å².